The van der Waals surface area contributed by atoms with Crippen LogP contribution >= 0.6 is 0 Å². The normalized spacial score (nSPS) is 18.0. The van der Waals surface area contributed by atoms with Crippen molar-refractivity contribution in [2.24, 2.45) is 5.92 Å². The number of benzene rings is 1. The summed E-state index contributed by atoms with van der Waals surface area (Å²) < 4.78 is 9.87. The molecule has 1 amide bonds. The molecule has 5 nitrogen and oxygen atoms in total. The first-order chi connectivity index (χ1) is 9.16. The Balaban J connectivity index is 1.70. The van der Waals surface area contributed by atoms with Crippen molar-refractivity contribution in [2.45, 2.75) is 6.42 Å². The SMILES string of the molecule is C=C1C(=O)OC[C@H]1CCOC(=O)Nc1ccccc1. The van der Waals surface area contributed by atoms with Gasteiger partial charge < -0.3 is 9.47 Å². The fraction of sp³-hybridized carbons (Fsp3) is 0.286. The van der Waals surface area contributed by atoms with Gasteiger partial charge in [0.15, 0.2) is 0 Å². The predicted molar refractivity (Wildman–Crippen MR) is 69.6 cm³/mol. The number of nitrogens with one attached hydrogen (secondary N) is 1. The number of anilines is 1. The van der Waals surface area contributed by atoms with Crippen molar-refractivity contribution in [1.29, 1.82) is 0 Å². The van der Waals surface area contributed by atoms with E-state index < -0.39 is 6.09 Å². The third-order valence-electron chi connectivity index (χ3n) is 2.89. The number of ether oxygens (including phenoxy) is 2. The van der Waals surface area contributed by atoms with Crippen molar-refractivity contribution in [3.63, 3.8) is 0 Å². The summed E-state index contributed by atoms with van der Waals surface area (Å²) in [6.45, 7) is 4.19. The third kappa shape index (κ3) is 3.58. The molecule has 0 bridgehead atoms. The molecule has 0 aliphatic carbocycles. The Bertz CT molecular complexity index is 483. The van der Waals surface area contributed by atoms with Crippen LogP contribution in [0.4, 0.5) is 10.5 Å². The highest BCUT2D eigenvalue weighted by atomic mass is 16.6. The Labute approximate surface area is 111 Å². The predicted octanol–water partition coefficient (Wildman–Crippen LogP) is 2.35. The lowest BCUT2D eigenvalue weighted by molar-refractivity contribution is -0.135. The van der Waals surface area contributed by atoms with Gasteiger partial charge in [-0.15, -0.1) is 0 Å². The Morgan fingerprint density at radius 3 is 2.79 bits per heavy atom. The van der Waals surface area contributed by atoms with Gasteiger partial charge in [-0.3, -0.25) is 5.32 Å². The van der Waals surface area contributed by atoms with E-state index in [0.29, 0.717) is 24.3 Å². The van der Waals surface area contributed by atoms with Crippen LogP contribution in [-0.4, -0.2) is 25.3 Å². The summed E-state index contributed by atoms with van der Waals surface area (Å²) in [7, 11) is 0. The Kier molecular flexibility index (Phi) is 4.18. The van der Waals surface area contributed by atoms with Gasteiger partial charge in [0.25, 0.3) is 0 Å². The number of para-hydroxylation sites is 1. The van der Waals surface area contributed by atoms with E-state index in [4.69, 9.17) is 9.47 Å². The van der Waals surface area contributed by atoms with Gasteiger partial charge in [0.2, 0.25) is 0 Å². The molecule has 1 aliphatic heterocycles. The molecule has 0 spiro atoms. The summed E-state index contributed by atoms with van der Waals surface area (Å²) in [6.07, 6.45) is 0.0225. The average Bonchev–Trinajstić information content (AvgIpc) is 2.72. The highest BCUT2D eigenvalue weighted by Gasteiger charge is 2.28. The monoisotopic (exact) mass is 261 g/mol. The van der Waals surface area contributed by atoms with Crippen molar-refractivity contribution in [3.05, 3.63) is 42.5 Å². The summed E-state index contributed by atoms with van der Waals surface area (Å²) in [5, 5.41) is 2.61. The zero-order valence-electron chi connectivity index (χ0n) is 10.4. The molecule has 0 saturated carbocycles. The Morgan fingerprint density at radius 2 is 2.16 bits per heavy atom. The number of amides is 1. The summed E-state index contributed by atoms with van der Waals surface area (Å²) in [5.74, 6) is -0.421. The summed E-state index contributed by atoms with van der Waals surface area (Å²) in [5.41, 5.74) is 1.13. The van der Waals surface area contributed by atoms with E-state index in [0.717, 1.165) is 0 Å². The quantitative estimate of drug-likeness (QED) is 0.667. The van der Waals surface area contributed by atoms with E-state index in [2.05, 4.69) is 11.9 Å². The number of carbonyl (C=O) groups excluding carboxylic acids is 2. The lowest BCUT2D eigenvalue weighted by atomic mass is 10.0. The van der Waals surface area contributed by atoms with Crippen LogP contribution in [0.5, 0.6) is 0 Å². The number of hydrogen-bond donors (Lipinski definition) is 1. The lowest BCUT2D eigenvalue weighted by Crippen LogP contribution is -2.16. The molecular weight excluding hydrogens is 246 g/mol. The van der Waals surface area contributed by atoms with Gasteiger partial charge >= 0.3 is 12.1 Å². The van der Waals surface area contributed by atoms with Crippen LogP contribution in [0.15, 0.2) is 42.5 Å². The second-order valence-electron chi connectivity index (χ2n) is 4.24. The van der Waals surface area contributed by atoms with Gasteiger partial charge in [-0.1, -0.05) is 24.8 Å². The highest BCUT2D eigenvalue weighted by Crippen LogP contribution is 2.22. The Morgan fingerprint density at radius 1 is 1.42 bits per heavy atom. The molecule has 1 heterocycles. The molecular formula is C14H15NO4. The Hall–Kier alpha value is -2.30. The average molecular weight is 261 g/mol. The maximum absolute atomic E-state index is 11.5. The minimum Gasteiger partial charge on any atom is -0.462 e. The van der Waals surface area contributed by atoms with Crippen LogP contribution in [0, 0.1) is 5.92 Å². The zero-order valence-corrected chi connectivity index (χ0v) is 10.4. The standard InChI is InChI=1S/C14H15NO4/c1-10-11(9-19-13(10)16)7-8-18-14(17)15-12-5-3-2-4-6-12/h2-6,11H,1,7-9H2,(H,15,17)/t11-/m1/s1. The van der Waals surface area contributed by atoms with E-state index in [1.165, 1.54) is 0 Å². The fourth-order valence-electron chi connectivity index (χ4n) is 1.76. The van der Waals surface area contributed by atoms with Gasteiger partial charge in [-0.2, -0.15) is 0 Å². The first-order valence-corrected chi connectivity index (χ1v) is 6.01. The maximum Gasteiger partial charge on any atom is 0.411 e. The first-order valence-electron chi connectivity index (χ1n) is 6.01. The van der Waals surface area contributed by atoms with Gasteiger partial charge in [0.05, 0.1) is 13.2 Å². The minimum absolute atomic E-state index is 0.0583. The van der Waals surface area contributed by atoms with Crippen molar-refractivity contribution < 1.29 is 19.1 Å². The second kappa shape index (κ2) is 6.04. The van der Waals surface area contributed by atoms with Crippen molar-refractivity contribution in [3.8, 4) is 0 Å². The van der Waals surface area contributed by atoms with Crippen LogP contribution < -0.4 is 5.32 Å². The molecule has 0 radical (unpaired) electrons. The molecule has 1 saturated heterocycles. The van der Waals surface area contributed by atoms with Crippen LogP contribution in [0.25, 0.3) is 0 Å². The van der Waals surface area contributed by atoms with E-state index >= 15 is 0 Å². The van der Waals surface area contributed by atoms with Crippen molar-refractivity contribution >= 4 is 17.7 Å². The van der Waals surface area contributed by atoms with Crippen LogP contribution in [0.2, 0.25) is 0 Å². The van der Waals surface area contributed by atoms with E-state index in [-0.39, 0.29) is 18.5 Å². The minimum atomic E-state index is -0.512. The molecule has 100 valence electrons. The molecule has 1 atom stereocenters. The topological polar surface area (TPSA) is 64.6 Å². The molecule has 1 N–H and O–H groups in total. The van der Waals surface area contributed by atoms with E-state index in [1.54, 1.807) is 12.1 Å². The molecule has 5 heteroatoms. The first kappa shape index (κ1) is 13.1. The molecule has 1 aliphatic rings. The van der Waals surface area contributed by atoms with Crippen molar-refractivity contribution in [2.75, 3.05) is 18.5 Å². The molecule has 2 rings (SSSR count). The molecule has 1 aromatic carbocycles. The summed E-state index contributed by atoms with van der Waals surface area (Å²) >= 11 is 0. The summed E-state index contributed by atoms with van der Waals surface area (Å²) in [6, 6.07) is 9.04. The van der Waals surface area contributed by atoms with E-state index in [9.17, 15) is 9.59 Å². The summed E-state index contributed by atoms with van der Waals surface area (Å²) in [4.78, 5) is 22.6. The van der Waals surface area contributed by atoms with Crippen LogP contribution in [0.1, 0.15) is 6.42 Å². The van der Waals surface area contributed by atoms with Gasteiger partial charge in [-0.25, -0.2) is 9.59 Å². The van der Waals surface area contributed by atoms with Gasteiger partial charge in [0.1, 0.15) is 0 Å². The van der Waals surface area contributed by atoms with Crippen LogP contribution in [-0.2, 0) is 14.3 Å². The zero-order chi connectivity index (χ0) is 13.7. The highest BCUT2D eigenvalue weighted by molar-refractivity contribution is 5.90. The fourth-order valence-corrected chi connectivity index (χ4v) is 1.76. The number of hydrogen-bond acceptors (Lipinski definition) is 4. The lowest BCUT2D eigenvalue weighted by Gasteiger charge is -2.09. The third-order valence-corrected chi connectivity index (χ3v) is 2.89. The van der Waals surface area contributed by atoms with E-state index in [1.807, 2.05) is 18.2 Å². The second-order valence-corrected chi connectivity index (χ2v) is 4.24. The number of cyclic esters (lactones) is 1. The molecule has 1 aromatic rings. The molecule has 1 fully saturated rings. The van der Waals surface area contributed by atoms with Crippen LogP contribution in [0.3, 0.4) is 0 Å². The van der Waals surface area contributed by atoms with Crippen molar-refractivity contribution in [1.82, 2.24) is 0 Å². The molecule has 0 aromatic heterocycles. The number of carbonyl (C=O) groups is 2. The largest absolute Gasteiger partial charge is 0.462 e. The molecule has 0 unspecified atom stereocenters. The smallest absolute Gasteiger partial charge is 0.411 e. The maximum atomic E-state index is 11.5. The number of esters is 1. The number of rotatable bonds is 4. The van der Waals surface area contributed by atoms with Gasteiger partial charge in [0, 0.05) is 17.2 Å². The van der Waals surface area contributed by atoms with Gasteiger partial charge in [-0.05, 0) is 18.6 Å². The molecule has 19 heavy (non-hydrogen) atoms.